The quantitative estimate of drug-likeness (QED) is 0.503. The van der Waals surface area contributed by atoms with Gasteiger partial charge < -0.3 is 10.5 Å². The average Bonchev–Trinajstić information content (AvgIpc) is 3.02. The van der Waals surface area contributed by atoms with Gasteiger partial charge in [-0.2, -0.15) is 0 Å². The van der Waals surface area contributed by atoms with Gasteiger partial charge in [-0.1, -0.05) is 53.7 Å². The molecule has 0 spiro atoms. The van der Waals surface area contributed by atoms with Gasteiger partial charge >= 0.3 is 0 Å². The summed E-state index contributed by atoms with van der Waals surface area (Å²) < 4.78 is 14.2. The number of nitrogens with zero attached hydrogens (tertiary/aromatic N) is 1. The van der Waals surface area contributed by atoms with Crippen LogP contribution in [0, 0.1) is 11.7 Å². The summed E-state index contributed by atoms with van der Waals surface area (Å²) in [6.45, 7) is 0.595. The molecule has 0 aliphatic carbocycles. The van der Waals surface area contributed by atoms with Crippen LogP contribution in [0.5, 0.6) is 0 Å². The monoisotopic (exact) mass is 326 g/mol. The van der Waals surface area contributed by atoms with E-state index in [9.17, 15) is 14.4 Å². The number of benzene rings is 2. The van der Waals surface area contributed by atoms with Crippen LogP contribution < -0.4 is 5.32 Å². The summed E-state index contributed by atoms with van der Waals surface area (Å²) >= 11 is 0. The second-order valence-corrected chi connectivity index (χ2v) is 6.04. The van der Waals surface area contributed by atoms with Crippen LogP contribution in [0.2, 0.25) is 0 Å². The minimum absolute atomic E-state index is 0.0280. The summed E-state index contributed by atoms with van der Waals surface area (Å²) in [5, 5.41) is 15.8. The smallest absolute Gasteiger partial charge is 0.220 e. The Balaban J connectivity index is 1.97. The molecule has 2 atom stereocenters. The molecule has 0 aromatic heterocycles. The number of carbonyl (C=O) groups excluding carboxylic acids is 1. The van der Waals surface area contributed by atoms with Crippen LogP contribution in [0.15, 0.2) is 59.8 Å². The van der Waals surface area contributed by atoms with Gasteiger partial charge in [0.25, 0.3) is 0 Å². The molecule has 124 valence electrons. The van der Waals surface area contributed by atoms with Gasteiger partial charge in [0.15, 0.2) is 0 Å². The molecule has 0 bridgehead atoms. The van der Waals surface area contributed by atoms with Gasteiger partial charge in [0.2, 0.25) is 5.91 Å². The maximum atomic E-state index is 14.2. The van der Waals surface area contributed by atoms with E-state index < -0.39 is 5.82 Å². The standard InChI is InChI=1S/C19H19FN2O2/c20-17-9-5-4-8-15(17)19(22-24)16(14-6-2-1-3-7-14)10-13-11-18(23)21-12-13/h1-9,13,16,24H,10-12H2,(H,21,23)/t13?,16-/m0/s1. The van der Waals surface area contributed by atoms with Crippen molar-refractivity contribution >= 4 is 11.6 Å². The Morgan fingerprint density at radius 2 is 1.92 bits per heavy atom. The van der Waals surface area contributed by atoms with Crippen molar-refractivity contribution < 1.29 is 14.4 Å². The Kier molecular flexibility index (Phi) is 4.89. The summed E-state index contributed by atoms with van der Waals surface area (Å²) in [6.07, 6.45) is 1.05. The van der Waals surface area contributed by atoms with E-state index in [1.54, 1.807) is 18.2 Å². The fraction of sp³-hybridized carbons (Fsp3) is 0.263. The summed E-state index contributed by atoms with van der Waals surface area (Å²) in [5.41, 5.74) is 1.51. The minimum atomic E-state index is -0.424. The third kappa shape index (κ3) is 3.45. The molecular weight excluding hydrogens is 307 g/mol. The SMILES string of the molecule is O=C1CC(C[C@H](C(=NO)c2ccccc2F)c2ccccc2)CN1. The summed E-state index contributed by atoms with van der Waals surface area (Å²) in [7, 11) is 0. The molecule has 2 N–H and O–H groups in total. The van der Waals surface area contributed by atoms with Crippen molar-refractivity contribution in [2.45, 2.75) is 18.8 Å². The van der Waals surface area contributed by atoms with Gasteiger partial charge in [0.1, 0.15) is 5.82 Å². The van der Waals surface area contributed by atoms with E-state index in [-0.39, 0.29) is 23.3 Å². The van der Waals surface area contributed by atoms with Gasteiger partial charge in [-0.25, -0.2) is 4.39 Å². The van der Waals surface area contributed by atoms with Gasteiger partial charge in [-0.3, -0.25) is 4.79 Å². The molecule has 1 heterocycles. The highest BCUT2D eigenvalue weighted by atomic mass is 19.1. The zero-order valence-electron chi connectivity index (χ0n) is 13.2. The second kappa shape index (κ2) is 7.25. The van der Waals surface area contributed by atoms with Crippen molar-refractivity contribution in [3.63, 3.8) is 0 Å². The zero-order chi connectivity index (χ0) is 16.9. The van der Waals surface area contributed by atoms with E-state index in [1.807, 2.05) is 30.3 Å². The molecule has 1 aliphatic rings. The Bertz CT molecular complexity index is 746. The van der Waals surface area contributed by atoms with Crippen LogP contribution in [0.3, 0.4) is 0 Å². The van der Waals surface area contributed by atoms with Crippen molar-refractivity contribution in [1.29, 1.82) is 0 Å². The van der Waals surface area contributed by atoms with Crippen molar-refractivity contribution in [2.24, 2.45) is 11.1 Å². The predicted octanol–water partition coefficient (Wildman–Crippen LogP) is 3.31. The molecule has 5 heteroatoms. The first-order chi connectivity index (χ1) is 11.7. The zero-order valence-corrected chi connectivity index (χ0v) is 13.2. The number of rotatable bonds is 5. The predicted molar refractivity (Wildman–Crippen MR) is 89.6 cm³/mol. The lowest BCUT2D eigenvalue weighted by atomic mass is 9.82. The highest BCUT2D eigenvalue weighted by Gasteiger charge is 2.30. The molecule has 1 fully saturated rings. The molecule has 0 saturated carbocycles. The third-order valence-electron chi connectivity index (χ3n) is 4.42. The summed E-state index contributed by atoms with van der Waals surface area (Å²) in [5.74, 6) is -0.552. The fourth-order valence-electron chi connectivity index (χ4n) is 3.24. The average molecular weight is 326 g/mol. The largest absolute Gasteiger partial charge is 0.411 e. The molecule has 0 radical (unpaired) electrons. The molecule has 2 aromatic carbocycles. The normalized spacial score (nSPS) is 19.1. The molecule has 1 amide bonds. The van der Waals surface area contributed by atoms with Crippen LogP contribution in [0.4, 0.5) is 4.39 Å². The van der Waals surface area contributed by atoms with E-state index in [4.69, 9.17) is 0 Å². The Morgan fingerprint density at radius 3 is 2.54 bits per heavy atom. The first-order valence-electron chi connectivity index (χ1n) is 7.97. The summed E-state index contributed by atoms with van der Waals surface area (Å²) in [6, 6.07) is 15.8. The van der Waals surface area contributed by atoms with E-state index >= 15 is 0 Å². The maximum absolute atomic E-state index is 14.2. The highest BCUT2D eigenvalue weighted by Crippen LogP contribution is 2.31. The number of nitrogens with one attached hydrogen (secondary N) is 1. The van der Waals surface area contributed by atoms with Crippen LogP contribution >= 0.6 is 0 Å². The van der Waals surface area contributed by atoms with Crippen LogP contribution in [-0.2, 0) is 4.79 Å². The van der Waals surface area contributed by atoms with E-state index in [1.165, 1.54) is 6.07 Å². The van der Waals surface area contributed by atoms with Crippen molar-refractivity contribution in [2.75, 3.05) is 6.54 Å². The first kappa shape index (κ1) is 16.2. The number of halogens is 1. The van der Waals surface area contributed by atoms with Crippen molar-refractivity contribution in [1.82, 2.24) is 5.32 Å². The van der Waals surface area contributed by atoms with E-state index in [2.05, 4.69) is 10.5 Å². The van der Waals surface area contributed by atoms with Gasteiger partial charge in [-0.05, 0) is 24.0 Å². The Morgan fingerprint density at radius 1 is 1.21 bits per heavy atom. The minimum Gasteiger partial charge on any atom is -0.411 e. The lowest BCUT2D eigenvalue weighted by molar-refractivity contribution is -0.119. The molecule has 24 heavy (non-hydrogen) atoms. The number of oxime groups is 1. The number of amides is 1. The summed E-state index contributed by atoms with van der Waals surface area (Å²) in [4.78, 5) is 11.5. The fourth-order valence-corrected chi connectivity index (χ4v) is 3.24. The first-order valence-corrected chi connectivity index (χ1v) is 7.97. The Hall–Kier alpha value is -2.69. The van der Waals surface area contributed by atoms with E-state index in [0.717, 1.165) is 5.56 Å². The Labute approximate surface area is 140 Å². The van der Waals surface area contributed by atoms with Gasteiger partial charge in [0, 0.05) is 24.4 Å². The van der Waals surface area contributed by atoms with Crippen LogP contribution in [0.25, 0.3) is 0 Å². The topological polar surface area (TPSA) is 61.7 Å². The third-order valence-corrected chi connectivity index (χ3v) is 4.42. The number of hydrogen-bond acceptors (Lipinski definition) is 3. The van der Waals surface area contributed by atoms with E-state index in [0.29, 0.717) is 25.1 Å². The van der Waals surface area contributed by atoms with Crippen LogP contribution in [0.1, 0.15) is 29.9 Å². The van der Waals surface area contributed by atoms with Gasteiger partial charge in [-0.15, -0.1) is 0 Å². The number of hydrogen-bond donors (Lipinski definition) is 2. The van der Waals surface area contributed by atoms with Gasteiger partial charge in [0.05, 0.1) is 5.71 Å². The molecule has 1 saturated heterocycles. The highest BCUT2D eigenvalue weighted by molar-refractivity contribution is 6.05. The molecule has 4 nitrogen and oxygen atoms in total. The molecule has 2 aromatic rings. The molecule has 1 aliphatic heterocycles. The lowest BCUT2D eigenvalue weighted by Gasteiger charge is -2.22. The van der Waals surface area contributed by atoms with Crippen molar-refractivity contribution in [3.05, 3.63) is 71.5 Å². The molecule has 3 rings (SSSR count). The molecule has 1 unspecified atom stereocenters. The number of carbonyl (C=O) groups is 1. The maximum Gasteiger partial charge on any atom is 0.220 e. The van der Waals surface area contributed by atoms with Crippen molar-refractivity contribution in [3.8, 4) is 0 Å². The second-order valence-electron chi connectivity index (χ2n) is 6.04. The molecular formula is C19H19FN2O2. The van der Waals surface area contributed by atoms with Crippen LogP contribution in [-0.4, -0.2) is 23.4 Å². The lowest BCUT2D eigenvalue weighted by Crippen LogP contribution is -2.20.